The van der Waals surface area contributed by atoms with Gasteiger partial charge in [0.05, 0.1) is 6.10 Å². The molecule has 0 bridgehead atoms. The van der Waals surface area contributed by atoms with Crippen LogP contribution in [-0.2, 0) is 21.7 Å². The zero-order valence-electron chi connectivity index (χ0n) is 6.43. The fourth-order valence-corrected chi connectivity index (χ4v) is 0.515. The molecule has 0 aliphatic carbocycles. The van der Waals surface area contributed by atoms with E-state index in [2.05, 4.69) is 5.32 Å². The molecule has 4 heteroatoms. The second-order valence-corrected chi connectivity index (χ2v) is 2.05. The normalized spacial score (nSPS) is 12.3. The van der Waals surface area contributed by atoms with Crippen LogP contribution >= 0.6 is 0 Å². The molecule has 0 rings (SSSR count). The van der Waals surface area contributed by atoms with Gasteiger partial charge >= 0.3 is 0 Å². The first-order chi connectivity index (χ1) is 4.31. The summed E-state index contributed by atoms with van der Waals surface area (Å²) in [4.78, 5) is 0. The molecule has 3 nitrogen and oxygen atoms in total. The zero-order chi connectivity index (χ0) is 7.11. The molecule has 0 aromatic heterocycles. The Morgan fingerprint density at radius 3 is 2.60 bits per heavy atom. The van der Waals surface area contributed by atoms with Crippen LogP contribution in [0.5, 0.6) is 0 Å². The maximum absolute atomic E-state index is 8.98. The largest absolute Gasteiger partial charge is 0.392 e. The van der Waals surface area contributed by atoms with Crippen LogP contribution in [0.4, 0.5) is 0 Å². The molecule has 0 spiro atoms. The summed E-state index contributed by atoms with van der Waals surface area (Å²) in [5.74, 6) is 0. The predicted octanol–water partition coefficient (Wildman–Crippen LogP) is -0.697. The molecule has 10 heavy (non-hydrogen) atoms. The van der Waals surface area contributed by atoms with Crippen molar-refractivity contribution in [3.63, 3.8) is 0 Å². The van der Waals surface area contributed by atoms with Gasteiger partial charge in [-0.15, -0.1) is 0 Å². The maximum atomic E-state index is 8.98. The number of hydrogen-bond acceptors (Lipinski definition) is 3. The van der Waals surface area contributed by atoms with Gasteiger partial charge < -0.3 is 16.2 Å². The van der Waals surface area contributed by atoms with E-state index in [-0.39, 0.29) is 27.8 Å². The molecule has 0 aromatic carbocycles. The number of aliphatic hydroxyl groups is 1. The molecule has 0 radical (unpaired) electrons. The minimum Gasteiger partial charge on any atom is -0.392 e. The molecule has 0 aliphatic heterocycles. The van der Waals surface area contributed by atoms with Crippen LogP contribution in [0.3, 0.4) is 0 Å². The minimum atomic E-state index is -0.212. The third-order valence-electron chi connectivity index (χ3n) is 1.17. The van der Waals surface area contributed by atoms with E-state index in [0.29, 0.717) is 13.1 Å². The molecule has 0 aromatic rings. The van der Waals surface area contributed by atoms with Gasteiger partial charge in [-0.25, -0.2) is 0 Å². The van der Waals surface area contributed by atoms with E-state index >= 15 is 0 Å². The smallest absolute Gasteiger partial charge is 0.0662 e. The van der Waals surface area contributed by atoms with Crippen molar-refractivity contribution in [2.24, 2.45) is 5.73 Å². The SMILES string of the molecule is CCC(O)CNCCN.[Ti]. The average molecular weight is 180 g/mol. The molecule has 0 saturated carbocycles. The summed E-state index contributed by atoms with van der Waals surface area (Å²) < 4.78 is 0. The topological polar surface area (TPSA) is 58.3 Å². The Labute approximate surface area is 77.3 Å². The zero-order valence-corrected chi connectivity index (χ0v) is 7.99. The summed E-state index contributed by atoms with van der Waals surface area (Å²) in [6, 6.07) is 0. The molecule has 0 heterocycles. The molecule has 60 valence electrons. The van der Waals surface area contributed by atoms with E-state index in [1.165, 1.54) is 0 Å². The second kappa shape index (κ2) is 9.59. The third kappa shape index (κ3) is 8.59. The van der Waals surface area contributed by atoms with Crippen molar-refractivity contribution in [2.45, 2.75) is 19.4 Å². The molecular weight excluding hydrogens is 164 g/mol. The fourth-order valence-electron chi connectivity index (χ4n) is 0.515. The van der Waals surface area contributed by atoms with Crippen molar-refractivity contribution in [3.05, 3.63) is 0 Å². The van der Waals surface area contributed by atoms with Crippen molar-refractivity contribution in [3.8, 4) is 0 Å². The van der Waals surface area contributed by atoms with Crippen LogP contribution in [0.25, 0.3) is 0 Å². The Morgan fingerprint density at radius 1 is 1.60 bits per heavy atom. The van der Waals surface area contributed by atoms with E-state index in [1.807, 2.05) is 6.92 Å². The summed E-state index contributed by atoms with van der Waals surface area (Å²) in [5.41, 5.74) is 5.21. The third-order valence-corrected chi connectivity index (χ3v) is 1.17. The van der Waals surface area contributed by atoms with Gasteiger partial charge in [0, 0.05) is 41.4 Å². The number of rotatable bonds is 5. The van der Waals surface area contributed by atoms with E-state index in [9.17, 15) is 0 Å². The van der Waals surface area contributed by atoms with Gasteiger partial charge in [-0.3, -0.25) is 0 Å². The monoisotopic (exact) mass is 180 g/mol. The van der Waals surface area contributed by atoms with Crippen LogP contribution in [0, 0.1) is 0 Å². The van der Waals surface area contributed by atoms with Crippen molar-refractivity contribution < 1.29 is 26.8 Å². The Kier molecular flexibility index (Phi) is 12.7. The molecule has 4 N–H and O–H groups in total. The van der Waals surface area contributed by atoms with Crippen LogP contribution in [-0.4, -0.2) is 30.8 Å². The van der Waals surface area contributed by atoms with Crippen LogP contribution in [0.1, 0.15) is 13.3 Å². The van der Waals surface area contributed by atoms with Gasteiger partial charge in [0.2, 0.25) is 0 Å². The van der Waals surface area contributed by atoms with Gasteiger partial charge in [-0.2, -0.15) is 0 Å². The van der Waals surface area contributed by atoms with Crippen molar-refractivity contribution in [1.29, 1.82) is 0 Å². The fraction of sp³-hybridized carbons (Fsp3) is 1.00. The van der Waals surface area contributed by atoms with Crippen LogP contribution in [0.2, 0.25) is 0 Å². The number of nitrogens with one attached hydrogen (secondary N) is 1. The van der Waals surface area contributed by atoms with Crippen molar-refractivity contribution in [1.82, 2.24) is 5.32 Å². The summed E-state index contributed by atoms with van der Waals surface area (Å²) in [6.45, 7) is 4.04. The molecule has 0 aliphatic rings. The van der Waals surface area contributed by atoms with Crippen LogP contribution < -0.4 is 11.1 Å². The van der Waals surface area contributed by atoms with E-state index in [1.54, 1.807) is 0 Å². The standard InChI is InChI=1S/C6H16N2O.Ti/c1-2-6(9)5-8-4-3-7;/h6,8-9H,2-5,7H2,1H3;. The molecule has 1 unspecified atom stereocenters. The Hall–Kier alpha value is 0.594. The first-order valence-corrected chi connectivity index (χ1v) is 3.40. The number of hydrogen-bond donors (Lipinski definition) is 3. The Balaban J connectivity index is 0. The maximum Gasteiger partial charge on any atom is 0.0662 e. The summed E-state index contributed by atoms with van der Waals surface area (Å²) in [6.07, 6.45) is 0.592. The van der Waals surface area contributed by atoms with E-state index in [4.69, 9.17) is 10.8 Å². The molecule has 0 amide bonds. The number of aliphatic hydroxyl groups excluding tert-OH is 1. The van der Waals surface area contributed by atoms with Crippen LogP contribution in [0.15, 0.2) is 0 Å². The molecule has 1 atom stereocenters. The van der Waals surface area contributed by atoms with Gasteiger partial charge in [-0.1, -0.05) is 6.92 Å². The molecule has 0 fully saturated rings. The summed E-state index contributed by atoms with van der Waals surface area (Å²) in [5, 5.41) is 12.0. The second-order valence-electron chi connectivity index (χ2n) is 2.05. The number of nitrogens with two attached hydrogens (primary N) is 1. The molecular formula is C6H16N2OTi. The van der Waals surface area contributed by atoms with Gasteiger partial charge in [0.25, 0.3) is 0 Å². The van der Waals surface area contributed by atoms with Gasteiger partial charge in [-0.05, 0) is 6.42 Å². The van der Waals surface area contributed by atoms with Crippen molar-refractivity contribution in [2.75, 3.05) is 19.6 Å². The summed E-state index contributed by atoms with van der Waals surface area (Å²) >= 11 is 0. The summed E-state index contributed by atoms with van der Waals surface area (Å²) in [7, 11) is 0. The molecule has 0 saturated heterocycles. The van der Waals surface area contributed by atoms with Crippen molar-refractivity contribution >= 4 is 0 Å². The van der Waals surface area contributed by atoms with E-state index in [0.717, 1.165) is 13.0 Å². The Morgan fingerprint density at radius 2 is 2.20 bits per heavy atom. The average Bonchev–Trinajstić information content (AvgIpc) is 1.89. The quantitative estimate of drug-likeness (QED) is 0.387. The van der Waals surface area contributed by atoms with E-state index < -0.39 is 0 Å². The predicted molar refractivity (Wildman–Crippen MR) is 38.2 cm³/mol. The minimum absolute atomic E-state index is 0. The van der Waals surface area contributed by atoms with Gasteiger partial charge in [0.15, 0.2) is 0 Å². The Bertz CT molecular complexity index is 63.7. The first kappa shape index (κ1) is 13.2. The van der Waals surface area contributed by atoms with Gasteiger partial charge in [0.1, 0.15) is 0 Å². The first-order valence-electron chi connectivity index (χ1n) is 3.40.